The second kappa shape index (κ2) is 5.66. The fraction of sp³-hybridized carbons (Fsp3) is 0.188. The van der Waals surface area contributed by atoms with E-state index in [2.05, 4.69) is 4.98 Å². The molecule has 0 fully saturated rings. The number of aromatic nitrogens is 2. The van der Waals surface area contributed by atoms with Crippen molar-refractivity contribution >= 4 is 34.2 Å². The summed E-state index contributed by atoms with van der Waals surface area (Å²) >= 11 is 12.5. The Labute approximate surface area is 132 Å². The average molecular weight is 323 g/mol. The summed E-state index contributed by atoms with van der Waals surface area (Å²) in [5.41, 5.74) is 2.46. The molecule has 5 heteroatoms. The van der Waals surface area contributed by atoms with Gasteiger partial charge >= 0.3 is 0 Å². The zero-order chi connectivity index (χ0) is 15.0. The fourth-order valence-electron chi connectivity index (χ4n) is 2.44. The smallest absolute Gasteiger partial charge is 0.128 e. The first-order chi connectivity index (χ1) is 10.1. The van der Waals surface area contributed by atoms with Gasteiger partial charge in [-0.1, -0.05) is 29.8 Å². The highest BCUT2D eigenvalue weighted by molar-refractivity contribution is 6.35. The predicted molar refractivity (Wildman–Crippen MR) is 84.5 cm³/mol. The van der Waals surface area contributed by atoms with E-state index in [0.717, 1.165) is 22.4 Å². The van der Waals surface area contributed by atoms with Crippen LogP contribution in [-0.4, -0.2) is 9.55 Å². The van der Waals surface area contributed by atoms with Gasteiger partial charge in [0, 0.05) is 6.54 Å². The van der Waals surface area contributed by atoms with Crippen LogP contribution >= 0.6 is 23.2 Å². The Morgan fingerprint density at radius 2 is 2.00 bits per heavy atom. The van der Waals surface area contributed by atoms with E-state index >= 15 is 0 Å². The summed E-state index contributed by atoms with van der Waals surface area (Å²) in [4.78, 5) is 4.54. The number of benzene rings is 2. The van der Waals surface area contributed by atoms with Crippen LogP contribution in [0.25, 0.3) is 11.0 Å². The van der Waals surface area contributed by atoms with Crippen LogP contribution in [0.15, 0.2) is 42.5 Å². The number of halogens is 3. The molecule has 0 saturated carbocycles. The van der Waals surface area contributed by atoms with Gasteiger partial charge in [0.2, 0.25) is 0 Å². The molecular formula is C16H13Cl2FN2. The molecule has 3 aromatic rings. The van der Waals surface area contributed by atoms with E-state index in [1.807, 2.05) is 35.8 Å². The third kappa shape index (κ3) is 2.76. The van der Waals surface area contributed by atoms with Crippen LogP contribution in [0.4, 0.5) is 4.39 Å². The number of nitrogens with zero attached hydrogens (tertiary/aromatic N) is 2. The molecule has 0 aliphatic rings. The summed E-state index contributed by atoms with van der Waals surface area (Å²) in [6.07, 6.45) is 0. The minimum atomic E-state index is -0.262. The highest BCUT2D eigenvalue weighted by atomic mass is 35.5. The minimum absolute atomic E-state index is 0.261. The van der Waals surface area contributed by atoms with E-state index in [0.29, 0.717) is 11.6 Å². The summed E-state index contributed by atoms with van der Waals surface area (Å²) in [6.45, 7) is 2.34. The van der Waals surface area contributed by atoms with E-state index in [1.54, 1.807) is 6.07 Å². The molecule has 0 bridgehead atoms. The van der Waals surface area contributed by atoms with Gasteiger partial charge in [-0.2, -0.15) is 0 Å². The van der Waals surface area contributed by atoms with Gasteiger partial charge in [-0.15, -0.1) is 11.6 Å². The summed E-state index contributed by atoms with van der Waals surface area (Å²) in [5, 5.41) is 0.349. The first-order valence-electron chi connectivity index (χ1n) is 6.59. The molecule has 1 unspecified atom stereocenters. The van der Waals surface area contributed by atoms with Gasteiger partial charge in [0.25, 0.3) is 0 Å². The maximum absolute atomic E-state index is 13.4. The Kier molecular flexibility index (Phi) is 3.87. The van der Waals surface area contributed by atoms with E-state index < -0.39 is 0 Å². The van der Waals surface area contributed by atoms with Crippen LogP contribution < -0.4 is 0 Å². The molecule has 21 heavy (non-hydrogen) atoms. The van der Waals surface area contributed by atoms with Crippen molar-refractivity contribution < 1.29 is 4.39 Å². The van der Waals surface area contributed by atoms with E-state index in [4.69, 9.17) is 23.2 Å². The summed E-state index contributed by atoms with van der Waals surface area (Å²) < 4.78 is 15.3. The van der Waals surface area contributed by atoms with Crippen LogP contribution in [0.1, 0.15) is 23.7 Å². The molecule has 1 heterocycles. The SMILES string of the molecule is CC(Cl)c1nc2cccc(Cl)c2n1Cc1cccc(F)c1. The van der Waals surface area contributed by atoms with Crippen LogP contribution in [0.5, 0.6) is 0 Å². The minimum Gasteiger partial charge on any atom is -0.321 e. The Morgan fingerprint density at radius 3 is 2.71 bits per heavy atom. The fourth-order valence-corrected chi connectivity index (χ4v) is 2.88. The Balaban J connectivity index is 2.17. The van der Waals surface area contributed by atoms with Crippen molar-refractivity contribution in [2.45, 2.75) is 18.8 Å². The number of rotatable bonds is 3. The van der Waals surface area contributed by atoms with Gasteiger partial charge < -0.3 is 4.57 Å². The molecule has 0 amide bonds. The second-order valence-corrected chi connectivity index (χ2v) is 5.97. The lowest BCUT2D eigenvalue weighted by Crippen LogP contribution is -2.06. The molecule has 2 aromatic carbocycles. The van der Waals surface area contributed by atoms with E-state index in [9.17, 15) is 4.39 Å². The molecule has 3 rings (SSSR count). The number of fused-ring (bicyclic) bond motifs is 1. The molecule has 0 saturated heterocycles. The zero-order valence-corrected chi connectivity index (χ0v) is 12.9. The largest absolute Gasteiger partial charge is 0.321 e. The van der Waals surface area contributed by atoms with Crippen molar-refractivity contribution in [3.63, 3.8) is 0 Å². The lowest BCUT2D eigenvalue weighted by atomic mass is 10.2. The summed E-state index contributed by atoms with van der Waals surface area (Å²) in [7, 11) is 0. The lowest BCUT2D eigenvalue weighted by molar-refractivity contribution is 0.623. The Hall–Kier alpha value is -1.58. The normalized spacial score (nSPS) is 12.8. The second-order valence-electron chi connectivity index (χ2n) is 4.91. The number of hydrogen-bond donors (Lipinski definition) is 0. The average Bonchev–Trinajstić information content (AvgIpc) is 2.79. The van der Waals surface area contributed by atoms with Gasteiger partial charge in [-0.25, -0.2) is 9.37 Å². The molecular weight excluding hydrogens is 310 g/mol. The lowest BCUT2D eigenvalue weighted by Gasteiger charge is -2.11. The van der Waals surface area contributed by atoms with Gasteiger partial charge in [0.05, 0.1) is 21.4 Å². The van der Waals surface area contributed by atoms with Gasteiger partial charge in [0.1, 0.15) is 11.6 Å². The summed E-state index contributed by atoms with van der Waals surface area (Å²) in [6, 6.07) is 12.1. The molecule has 108 valence electrons. The standard InChI is InChI=1S/C16H13Cl2FN2/c1-10(17)16-20-14-7-3-6-13(18)15(14)21(16)9-11-4-2-5-12(19)8-11/h2-8,10H,9H2,1H3. The zero-order valence-electron chi connectivity index (χ0n) is 11.4. The Morgan fingerprint density at radius 1 is 1.24 bits per heavy atom. The topological polar surface area (TPSA) is 17.8 Å². The van der Waals surface area contributed by atoms with Crippen molar-refractivity contribution in [1.82, 2.24) is 9.55 Å². The molecule has 0 radical (unpaired) electrons. The van der Waals surface area contributed by atoms with Crippen LogP contribution in [-0.2, 0) is 6.54 Å². The third-order valence-corrected chi connectivity index (χ3v) is 3.83. The van der Waals surface area contributed by atoms with Crippen LogP contribution in [0, 0.1) is 5.82 Å². The first-order valence-corrected chi connectivity index (χ1v) is 7.41. The Bertz CT molecular complexity index is 796. The first kappa shape index (κ1) is 14.4. The van der Waals surface area contributed by atoms with Crippen molar-refractivity contribution in [1.29, 1.82) is 0 Å². The van der Waals surface area contributed by atoms with Crippen molar-refractivity contribution in [2.24, 2.45) is 0 Å². The van der Waals surface area contributed by atoms with Crippen molar-refractivity contribution in [2.75, 3.05) is 0 Å². The maximum atomic E-state index is 13.4. The van der Waals surface area contributed by atoms with Gasteiger partial charge in [0.15, 0.2) is 0 Å². The number of imidazole rings is 1. The highest BCUT2D eigenvalue weighted by Gasteiger charge is 2.17. The van der Waals surface area contributed by atoms with Crippen molar-refractivity contribution in [3.05, 3.63) is 64.7 Å². The third-order valence-electron chi connectivity index (χ3n) is 3.33. The van der Waals surface area contributed by atoms with E-state index in [1.165, 1.54) is 12.1 Å². The predicted octanol–water partition coefficient (Wildman–Crippen LogP) is 5.18. The summed E-state index contributed by atoms with van der Waals surface area (Å²) in [5.74, 6) is 0.465. The highest BCUT2D eigenvalue weighted by Crippen LogP contribution is 2.30. The number of para-hydroxylation sites is 1. The maximum Gasteiger partial charge on any atom is 0.128 e. The molecule has 1 aromatic heterocycles. The molecule has 0 spiro atoms. The molecule has 2 nitrogen and oxygen atoms in total. The number of hydrogen-bond acceptors (Lipinski definition) is 1. The molecule has 0 aliphatic carbocycles. The van der Waals surface area contributed by atoms with E-state index in [-0.39, 0.29) is 11.2 Å². The van der Waals surface area contributed by atoms with Gasteiger partial charge in [-0.3, -0.25) is 0 Å². The quantitative estimate of drug-likeness (QED) is 0.608. The molecule has 0 N–H and O–H groups in total. The van der Waals surface area contributed by atoms with Crippen LogP contribution in [0.3, 0.4) is 0 Å². The van der Waals surface area contributed by atoms with Crippen molar-refractivity contribution in [3.8, 4) is 0 Å². The van der Waals surface area contributed by atoms with Crippen LogP contribution in [0.2, 0.25) is 5.02 Å². The molecule has 0 aliphatic heterocycles. The van der Waals surface area contributed by atoms with Gasteiger partial charge in [-0.05, 0) is 36.8 Å². The monoisotopic (exact) mass is 322 g/mol. The molecule has 1 atom stereocenters. The number of alkyl halides is 1.